The number of amides is 1. The molecule has 1 fully saturated rings. The van der Waals surface area contributed by atoms with Crippen LogP contribution in [0.1, 0.15) is 22.3 Å². The maximum Gasteiger partial charge on any atom is 0.257 e. The third kappa shape index (κ3) is 3.62. The predicted octanol–water partition coefficient (Wildman–Crippen LogP) is 3.42. The first-order chi connectivity index (χ1) is 12.2. The van der Waals surface area contributed by atoms with Gasteiger partial charge in [-0.15, -0.1) is 0 Å². The van der Waals surface area contributed by atoms with E-state index in [1.54, 1.807) is 18.3 Å². The third-order valence-electron chi connectivity index (χ3n) is 3.94. The minimum Gasteiger partial charge on any atom is -0.472 e. The van der Waals surface area contributed by atoms with Gasteiger partial charge in [-0.25, -0.2) is 9.97 Å². The number of aromatic nitrogens is 2. The van der Waals surface area contributed by atoms with Gasteiger partial charge in [-0.3, -0.25) is 10.1 Å². The van der Waals surface area contributed by atoms with Gasteiger partial charge in [0.15, 0.2) is 5.13 Å². The van der Waals surface area contributed by atoms with E-state index in [1.165, 1.54) is 16.9 Å². The van der Waals surface area contributed by atoms with Gasteiger partial charge in [0.25, 0.3) is 5.91 Å². The number of nitrogens with one attached hydrogen (secondary N) is 1. The zero-order valence-electron chi connectivity index (χ0n) is 13.7. The number of rotatable bonds is 4. The fourth-order valence-corrected chi connectivity index (χ4v) is 3.61. The lowest BCUT2D eigenvalue weighted by Gasteiger charge is -2.11. The monoisotopic (exact) mass is 355 g/mol. The number of nitrogens with zero attached hydrogens (tertiary/aromatic N) is 2. The lowest BCUT2D eigenvalue weighted by atomic mass is 10.2. The molecule has 1 unspecified atom stereocenters. The van der Waals surface area contributed by atoms with Crippen molar-refractivity contribution in [2.45, 2.75) is 19.4 Å². The van der Waals surface area contributed by atoms with Crippen molar-refractivity contribution in [1.29, 1.82) is 0 Å². The van der Waals surface area contributed by atoms with E-state index in [1.807, 2.05) is 19.1 Å². The summed E-state index contributed by atoms with van der Waals surface area (Å²) in [6.45, 7) is 3.29. The second-order valence-corrected chi connectivity index (χ2v) is 6.96. The summed E-state index contributed by atoms with van der Waals surface area (Å²) in [6.07, 6.45) is 2.41. The summed E-state index contributed by atoms with van der Waals surface area (Å²) in [5, 5.41) is 3.43. The Balaban J connectivity index is 1.49. The van der Waals surface area contributed by atoms with Crippen molar-refractivity contribution in [3.63, 3.8) is 0 Å². The zero-order chi connectivity index (χ0) is 17.2. The number of fused-ring (bicyclic) bond motifs is 1. The van der Waals surface area contributed by atoms with Crippen molar-refractivity contribution in [3.05, 3.63) is 47.7 Å². The van der Waals surface area contributed by atoms with Gasteiger partial charge < -0.3 is 9.47 Å². The van der Waals surface area contributed by atoms with Crippen molar-refractivity contribution in [2.75, 3.05) is 18.5 Å². The number of benzene rings is 1. The van der Waals surface area contributed by atoms with Crippen molar-refractivity contribution in [3.8, 4) is 5.88 Å². The average Bonchev–Trinajstić information content (AvgIpc) is 3.24. The average molecular weight is 355 g/mol. The summed E-state index contributed by atoms with van der Waals surface area (Å²) in [5.41, 5.74) is 2.53. The van der Waals surface area contributed by atoms with E-state index in [2.05, 4.69) is 21.4 Å². The maximum absolute atomic E-state index is 12.5. The number of hydrogen-bond donors (Lipinski definition) is 1. The quantitative estimate of drug-likeness (QED) is 0.776. The van der Waals surface area contributed by atoms with E-state index in [0.29, 0.717) is 29.8 Å². The summed E-state index contributed by atoms with van der Waals surface area (Å²) >= 11 is 1.46. The molecule has 4 rings (SSSR count). The number of pyridine rings is 1. The van der Waals surface area contributed by atoms with Crippen LogP contribution in [0.15, 0.2) is 36.5 Å². The first-order valence-corrected chi connectivity index (χ1v) is 8.88. The van der Waals surface area contributed by atoms with E-state index in [4.69, 9.17) is 9.47 Å². The Morgan fingerprint density at radius 3 is 3.12 bits per heavy atom. The highest BCUT2D eigenvalue weighted by Crippen LogP contribution is 2.27. The molecule has 0 saturated carbocycles. The molecule has 128 valence electrons. The summed E-state index contributed by atoms with van der Waals surface area (Å²) in [5.74, 6) is 0.203. The fraction of sp³-hybridized carbons (Fsp3) is 0.278. The molecule has 1 amide bonds. The zero-order valence-corrected chi connectivity index (χ0v) is 14.5. The summed E-state index contributed by atoms with van der Waals surface area (Å²) in [4.78, 5) is 21.1. The van der Waals surface area contributed by atoms with E-state index in [-0.39, 0.29) is 12.0 Å². The Hall–Kier alpha value is -2.51. The number of carbonyl (C=O) groups is 1. The number of ether oxygens (including phenoxy) is 2. The molecule has 0 aliphatic carbocycles. The van der Waals surface area contributed by atoms with Crippen LogP contribution in [0.5, 0.6) is 5.88 Å². The molecule has 25 heavy (non-hydrogen) atoms. The molecule has 7 heteroatoms. The van der Waals surface area contributed by atoms with Gasteiger partial charge in [-0.05, 0) is 30.7 Å². The first kappa shape index (κ1) is 16.0. The highest BCUT2D eigenvalue weighted by Gasteiger charge is 2.18. The van der Waals surface area contributed by atoms with Crippen LogP contribution in [0.4, 0.5) is 5.13 Å². The Kier molecular flexibility index (Phi) is 4.33. The number of thiazole rings is 1. The Morgan fingerprint density at radius 1 is 1.36 bits per heavy atom. The van der Waals surface area contributed by atoms with Crippen molar-refractivity contribution >= 4 is 32.6 Å². The normalized spacial score (nSPS) is 16.9. The Bertz CT molecular complexity index is 919. The molecule has 6 nitrogen and oxygen atoms in total. The van der Waals surface area contributed by atoms with Gasteiger partial charge in [0.1, 0.15) is 6.10 Å². The van der Waals surface area contributed by atoms with Crippen LogP contribution in [0.25, 0.3) is 10.2 Å². The number of carbonyl (C=O) groups excluding carboxylic acids is 1. The molecule has 3 aromatic rings. The van der Waals surface area contributed by atoms with Gasteiger partial charge in [-0.1, -0.05) is 17.4 Å². The molecule has 1 aliphatic rings. The number of aryl methyl sites for hydroxylation is 1. The largest absolute Gasteiger partial charge is 0.472 e. The molecule has 3 heterocycles. The Labute approximate surface area is 148 Å². The Morgan fingerprint density at radius 2 is 2.28 bits per heavy atom. The molecule has 1 N–H and O–H groups in total. The van der Waals surface area contributed by atoms with Gasteiger partial charge in [0, 0.05) is 24.2 Å². The molecular weight excluding hydrogens is 338 g/mol. The van der Waals surface area contributed by atoms with Crippen molar-refractivity contribution < 1.29 is 14.3 Å². The van der Waals surface area contributed by atoms with Crippen LogP contribution in [0.2, 0.25) is 0 Å². The first-order valence-electron chi connectivity index (χ1n) is 8.06. The molecular formula is C18H17N3O3S. The smallest absolute Gasteiger partial charge is 0.257 e. The molecule has 1 aromatic carbocycles. The number of anilines is 1. The highest BCUT2D eigenvalue weighted by atomic mass is 32.1. The van der Waals surface area contributed by atoms with Crippen LogP contribution in [-0.2, 0) is 4.74 Å². The van der Waals surface area contributed by atoms with Crippen LogP contribution in [-0.4, -0.2) is 35.2 Å². The standard InChI is InChI=1S/C18H17N3O3S/c1-11-2-3-14-15(8-11)25-18(20-14)21-17(22)12-4-6-19-16(9-12)24-13-5-7-23-10-13/h2-4,6,8-9,13H,5,7,10H2,1H3,(H,20,21,22). The van der Waals surface area contributed by atoms with Gasteiger partial charge in [0.2, 0.25) is 5.88 Å². The maximum atomic E-state index is 12.5. The van der Waals surface area contributed by atoms with Gasteiger partial charge in [0.05, 0.1) is 23.4 Å². The van der Waals surface area contributed by atoms with E-state index >= 15 is 0 Å². The summed E-state index contributed by atoms with van der Waals surface area (Å²) in [6, 6.07) is 9.33. The number of hydrogen-bond acceptors (Lipinski definition) is 6. The molecule has 0 spiro atoms. The topological polar surface area (TPSA) is 73.3 Å². The predicted molar refractivity (Wildman–Crippen MR) is 96.4 cm³/mol. The lowest BCUT2D eigenvalue weighted by molar-refractivity contribution is 0.102. The molecule has 0 bridgehead atoms. The minimum absolute atomic E-state index is 0.00156. The van der Waals surface area contributed by atoms with Crippen molar-refractivity contribution in [1.82, 2.24) is 9.97 Å². The van der Waals surface area contributed by atoms with Crippen LogP contribution < -0.4 is 10.1 Å². The molecule has 1 aliphatic heterocycles. The molecule has 2 aromatic heterocycles. The van der Waals surface area contributed by atoms with Gasteiger partial charge >= 0.3 is 0 Å². The highest BCUT2D eigenvalue weighted by molar-refractivity contribution is 7.22. The van der Waals surface area contributed by atoms with Crippen LogP contribution >= 0.6 is 11.3 Å². The SMILES string of the molecule is Cc1ccc2nc(NC(=O)c3ccnc(OC4CCOC4)c3)sc2c1. The molecule has 1 atom stereocenters. The lowest BCUT2D eigenvalue weighted by Crippen LogP contribution is -2.17. The second-order valence-electron chi connectivity index (χ2n) is 5.93. The van der Waals surface area contributed by atoms with E-state index < -0.39 is 0 Å². The van der Waals surface area contributed by atoms with Crippen LogP contribution in [0, 0.1) is 6.92 Å². The van der Waals surface area contributed by atoms with E-state index in [0.717, 1.165) is 16.6 Å². The third-order valence-corrected chi connectivity index (χ3v) is 4.87. The van der Waals surface area contributed by atoms with E-state index in [9.17, 15) is 4.79 Å². The molecule has 0 radical (unpaired) electrons. The summed E-state index contributed by atoms with van der Waals surface area (Å²) in [7, 11) is 0. The van der Waals surface area contributed by atoms with Crippen molar-refractivity contribution in [2.24, 2.45) is 0 Å². The van der Waals surface area contributed by atoms with Crippen LogP contribution in [0.3, 0.4) is 0 Å². The second kappa shape index (κ2) is 6.78. The van der Waals surface area contributed by atoms with Gasteiger partial charge in [-0.2, -0.15) is 0 Å². The molecule has 1 saturated heterocycles. The minimum atomic E-state index is -0.231. The summed E-state index contributed by atoms with van der Waals surface area (Å²) < 4.78 is 12.1. The fourth-order valence-electron chi connectivity index (χ4n) is 2.65.